The van der Waals surface area contributed by atoms with Gasteiger partial charge >= 0.3 is 0 Å². The predicted octanol–water partition coefficient (Wildman–Crippen LogP) is 3.81. The summed E-state index contributed by atoms with van der Waals surface area (Å²) in [5.74, 6) is 0.485. The van der Waals surface area contributed by atoms with Crippen molar-refractivity contribution in [3.05, 3.63) is 35.4 Å². The van der Waals surface area contributed by atoms with Crippen LogP contribution in [0.25, 0.3) is 0 Å². The maximum absolute atomic E-state index is 12.7. The van der Waals surface area contributed by atoms with Crippen molar-refractivity contribution >= 4 is 11.8 Å². The molecule has 1 aliphatic heterocycles. The molecule has 4 heteroatoms. The van der Waals surface area contributed by atoms with Crippen molar-refractivity contribution in [1.82, 2.24) is 10.2 Å². The third-order valence-corrected chi connectivity index (χ3v) is 5.67. The van der Waals surface area contributed by atoms with E-state index < -0.39 is 0 Å². The summed E-state index contributed by atoms with van der Waals surface area (Å²) >= 11 is 0. The van der Waals surface area contributed by atoms with Crippen molar-refractivity contribution in [2.75, 3.05) is 13.1 Å². The summed E-state index contributed by atoms with van der Waals surface area (Å²) in [6, 6.07) is 8.49. The largest absolute Gasteiger partial charge is 0.349 e. The van der Waals surface area contributed by atoms with E-state index in [1.807, 2.05) is 11.8 Å². The monoisotopic (exact) mass is 356 g/mol. The summed E-state index contributed by atoms with van der Waals surface area (Å²) in [7, 11) is 0. The zero-order valence-electron chi connectivity index (χ0n) is 16.5. The molecule has 26 heavy (non-hydrogen) atoms. The van der Waals surface area contributed by atoms with Gasteiger partial charge in [0.1, 0.15) is 0 Å². The molecule has 1 aromatic rings. The molecule has 0 spiro atoms. The molecule has 1 N–H and O–H groups in total. The van der Waals surface area contributed by atoms with E-state index >= 15 is 0 Å². The van der Waals surface area contributed by atoms with E-state index in [0.29, 0.717) is 6.54 Å². The summed E-state index contributed by atoms with van der Waals surface area (Å²) in [6.07, 6.45) is 3.84. The highest BCUT2D eigenvalue weighted by Gasteiger charge is 2.36. The Labute approximate surface area is 157 Å². The zero-order chi connectivity index (χ0) is 18.9. The van der Waals surface area contributed by atoms with Gasteiger partial charge in [-0.3, -0.25) is 9.59 Å². The van der Waals surface area contributed by atoms with Gasteiger partial charge in [-0.15, -0.1) is 0 Å². The molecule has 142 valence electrons. The first-order valence-electron chi connectivity index (χ1n) is 9.95. The fourth-order valence-electron chi connectivity index (χ4n) is 3.67. The first kappa shape index (κ1) is 18.9. The number of carbonyl (C=O) groups is 2. The average molecular weight is 357 g/mol. The smallest absolute Gasteiger partial charge is 0.225 e. The van der Waals surface area contributed by atoms with Gasteiger partial charge in [-0.2, -0.15) is 0 Å². The molecular formula is C22H32N2O2. The van der Waals surface area contributed by atoms with Gasteiger partial charge in [-0.05, 0) is 49.1 Å². The molecule has 2 aliphatic rings. The Bertz CT molecular complexity index is 656. The number of carbonyl (C=O) groups excluding carboxylic acids is 2. The van der Waals surface area contributed by atoms with Gasteiger partial charge in [0.25, 0.3) is 0 Å². The van der Waals surface area contributed by atoms with Gasteiger partial charge in [0.15, 0.2) is 0 Å². The summed E-state index contributed by atoms with van der Waals surface area (Å²) < 4.78 is 0. The minimum absolute atomic E-state index is 0.0222. The molecule has 0 bridgehead atoms. The third kappa shape index (κ3) is 4.46. The van der Waals surface area contributed by atoms with Gasteiger partial charge in [0, 0.05) is 19.0 Å². The first-order chi connectivity index (χ1) is 12.3. The Morgan fingerprint density at radius 1 is 1.08 bits per heavy atom. The van der Waals surface area contributed by atoms with E-state index in [4.69, 9.17) is 0 Å². The number of hydrogen-bond acceptors (Lipinski definition) is 2. The second kappa shape index (κ2) is 7.42. The highest BCUT2D eigenvalue weighted by molar-refractivity contribution is 5.83. The Kier molecular flexibility index (Phi) is 5.40. The molecule has 0 aromatic heterocycles. The fourth-order valence-corrected chi connectivity index (χ4v) is 3.67. The van der Waals surface area contributed by atoms with Gasteiger partial charge in [0.05, 0.1) is 12.0 Å². The first-order valence-corrected chi connectivity index (χ1v) is 9.95. The van der Waals surface area contributed by atoms with E-state index in [9.17, 15) is 9.59 Å². The lowest BCUT2D eigenvalue weighted by Gasteiger charge is -2.33. The minimum atomic E-state index is -0.0808. The summed E-state index contributed by atoms with van der Waals surface area (Å²) in [5.41, 5.74) is 2.54. The highest BCUT2D eigenvalue weighted by atomic mass is 16.2. The molecule has 1 saturated heterocycles. The Morgan fingerprint density at radius 3 is 2.31 bits per heavy atom. The lowest BCUT2D eigenvalue weighted by atomic mass is 9.86. The Hall–Kier alpha value is -1.84. The molecular weight excluding hydrogens is 324 g/mol. The van der Waals surface area contributed by atoms with Crippen molar-refractivity contribution in [3.63, 3.8) is 0 Å². The van der Waals surface area contributed by atoms with Crippen LogP contribution >= 0.6 is 0 Å². The van der Waals surface area contributed by atoms with Crippen molar-refractivity contribution in [1.29, 1.82) is 0 Å². The van der Waals surface area contributed by atoms with Gasteiger partial charge in [0.2, 0.25) is 11.8 Å². The maximum Gasteiger partial charge on any atom is 0.225 e. The second-order valence-corrected chi connectivity index (χ2v) is 9.00. The van der Waals surface area contributed by atoms with Crippen LogP contribution in [0.3, 0.4) is 0 Å². The van der Waals surface area contributed by atoms with E-state index in [1.54, 1.807) is 0 Å². The van der Waals surface area contributed by atoms with Crippen molar-refractivity contribution in [2.45, 2.75) is 64.8 Å². The van der Waals surface area contributed by atoms with Crippen molar-refractivity contribution in [2.24, 2.45) is 11.8 Å². The Morgan fingerprint density at radius 2 is 1.73 bits per heavy atom. The topological polar surface area (TPSA) is 49.4 Å². The summed E-state index contributed by atoms with van der Waals surface area (Å²) in [6.45, 7) is 10.0. The van der Waals surface area contributed by atoms with Crippen LogP contribution in [0.1, 0.15) is 70.5 Å². The number of benzene rings is 1. The number of likely N-dealkylation sites (tertiary alicyclic amines) is 1. The standard InChI is InChI=1S/C22H32N2O2/c1-15(16-9-11-19(12-10-16)22(2,3)4)23-20(25)18-6-5-13-24(14-18)21(26)17-7-8-17/h9-12,15,17-18H,5-8,13-14H2,1-4H3,(H,23,25). The minimum Gasteiger partial charge on any atom is -0.349 e. The van der Waals surface area contributed by atoms with Crippen LogP contribution in [-0.2, 0) is 15.0 Å². The van der Waals surface area contributed by atoms with Gasteiger partial charge in [-0.25, -0.2) is 0 Å². The number of nitrogens with one attached hydrogen (secondary N) is 1. The lowest BCUT2D eigenvalue weighted by molar-refractivity contribution is -0.137. The van der Waals surface area contributed by atoms with Crippen LogP contribution in [0.15, 0.2) is 24.3 Å². The molecule has 1 aliphatic carbocycles. The van der Waals surface area contributed by atoms with E-state index in [0.717, 1.165) is 37.8 Å². The van der Waals surface area contributed by atoms with Crippen LogP contribution in [0.4, 0.5) is 0 Å². The predicted molar refractivity (Wildman–Crippen MR) is 104 cm³/mol. The molecule has 2 amide bonds. The number of amides is 2. The van der Waals surface area contributed by atoms with Crippen molar-refractivity contribution in [3.8, 4) is 0 Å². The number of hydrogen-bond donors (Lipinski definition) is 1. The van der Waals surface area contributed by atoms with E-state index in [-0.39, 0.29) is 35.1 Å². The number of piperidine rings is 1. The van der Waals surface area contributed by atoms with Crippen LogP contribution in [-0.4, -0.2) is 29.8 Å². The van der Waals surface area contributed by atoms with Crippen molar-refractivity contribution < 1.29 is 9.59 Å². The Balaban J connectivity index is 1.57. The van der Waals surface area contributed by atoms with Gasteiger partial charge < -0.3 is 10.2 Å². The van der Waals surface area contributed by atoms with Gasteiger partial charge in [-0.1, -0.05) is 45.0 Å². The molecule has 1 heterocycles. The normalized spacial score (nSPS) is 22.0. The third-order valence-electron chi connectivity index (χ3n) is 5.67. The SMILES string of the molecule is CC(NC(=O)C1CCCN(C(=O)C2CC2)C1)c1ccc(C(C)(C)C)cc1. The molecule has 2 unspecified atom stereocenters. The molecule has 2 fully saturated rings. The van der Waals surface area contributed by atoms with Crippen LogP contribution in [0, 0.1) is 11.8 Å². The lowest BCUT2D eigenvalue weighted by Crippen LogP contribution is -2.46. The molecule has 1 saturated carbocycles. The van der Waals surface area contributed by atoms with Crippen LogP contribution in [0.2, 0.25) is 0 Å². The fraction of sp³-hybridized carbons (Fsp3) is 0.636. The van der Waals surface area contributed by atoms with Crippen LogP contribution < -0.4 is 5.32 Å². The molecule has 3 rings (SSSR count). The number of nitrogens with zero attached hydrogens (tertiary/aromatic N) is 1. The zero-order valence-corrected chi connectivity index (χ0v) is 16.5. The molecule has 1 aromatic carbocycles. The van der Waals surface area contributed by atoms with Crippen LogP contribution in [0.5, 0.6) is 0 Å². The molecule has 4 nitrogen and oxygen atoms in total. The maximum atomic E-state index is 12.7. The quantitative estimate of drug-likeness (QED) is 0.892. The summed E-state index contributed by atoms with van der Waals surface area (Å²) in [5, 5.41) is 3.15. The van der Waals surface area contributed by atoms with E-state index in [1.165, 1.54) is 5.56 Å². The molecule has 0 radical (unpaired) electrons. The second-order valence-electron chi connectivity index (χ2n) is 9.00. The molecule has 2 atom stereocenters. The van der Waals surface area contributed by atoms with E-state index in [2.05, 4.69) is 50.4 Å². The highest BCUT2D eigenvalue weighted by Crippen LogP contribution is 2.32. The average Bonchev–Trinajstić information content (AvgIpc) is 3.45. The summed E-state index contributed by atoms with van der Waals surface area (Å²) in [4.78, 5) is 26.9. The number of rotatable bonds is 4.